The van der Waals surface area contributed by atoms with Crippen LogP contribution < -0.4 is 4.74 Å². The molecular formula is C21H28N4O2S. The van der Waals surface area contributed by atoms with Gasteiger partial charge in [-0.05, 0) is 56.5 Å². The molecule has 0 unspecified atom stereocenters. The quantitative estimate of drug-likeness (QED) is 0.669. The minimum absolute atomic E-state index is 0.00162. The van der Waals surface area contributed by atoms with Crippen LogP contribution >= 0.6 is 11.3 Å². The first-order valence-corrected chi connectivity index (χ1v) is 11.0. The van der Waals surface area contributed by atoms with Gasteiger partial charge in [-0.3, -0.25) is 4.90 Å². The molecule has 1 saturated heterocycles. The number of fused-ring (bicyclic) bond motifs is 1. The van der Waals surface area contributed by atoms with Gasteiger partial charge in [0.15, 0.2) is 5.82 Å². The smallest absolute Gasteiger partial charge is 0.230 e. The van der Waals surface area contributed by atoms with E-state index >= 15 is 0 Å². The van der Waals surface area contributed by atoms with Crippen LogP contribution in [0.25, 0.3) is 4.96 Å². The highest BCUT2D eigenvalue weighted by molar-refractivity contribution is 7.17. The summed E-state index contributed by atoms with van der Waals surface area (Å²) in [4.78, 5) is 8.70. The van der Waals surface area contributed by atoms with Crippen LogP contribution in [-0.4, -0.2) is 44.3 Å². The van der Waals surface area contributed by atoms with Crippen molar-refractivity contribution in [1.82, 2.24) is 19.5 Å². The van der Waals surface area contributed by atoms with Gasteiger partial charge < -0.3 is 9.84 Å². The van der Waals surface area contributed by atoms with Crippen LogP contribution in [0, 0.1) is 5.92 Å². The van der Waals surface area contributed by atoms with Crippen molar-refractivity contribution in [3.63, 3.8) is 0 Å². The number of aromatic nitrogens is 3. The van der Waals surface area contributed by atoms with Crippen LogP contribution in [-0.2, 0) is 6.42 Å². The van der Waals surface area contributed by atoms with Crippen LogP contribution in [0.2, 0.25) is 0 Å². The molecule has 4 rings (SSSR count). The first kappa shape index (κ1) is 19.2. The summed E-state index contributed by atoms with van der Waals surface area (Å²) >= 11 is 1.54. The number of likely N-dealkylation sites (tertiary alicyclic amines) is 1. The molecule has 1 atom stereocenters. The number of rotatable bonds is 6. The Kier molecular flexibility index (Phi) is 5.55. The van der Waals surface area contributed by atoms with Gasteiger partial charge in [-0.25, -0.2) is 4.98 Å². The minimum atomic E-state index is 0.00162. The molecular weight excluding hydrogens is 372 g/mol. The van der Waals surface area contributed by atoms with Gasteiger partial charge in [0, 0.05) is 6.42 Å². The normalized spacial score (nSPS) is 17.2. The predicted octanol–water partition coefficient (Wildman–Crippen LogP) is 4.28. The van der Waals surface area contributed by atoms with E-state index in [2.05, 4.69) is 34.0 Å². The molecule has 28 heavy (non-hydrogen) atoms. The second kappa shape index (κ2) is 8.09. The highest BCUT2D eigenvalue weighted by Gasteiger charge is 2.31. The maximum Gasteiger partial charge on any atom is 0.230 e. The number of aryl methyl sites for hydroxylation is 1. The molecule has 1 aromatic carbocycles. The van der Waals surface area contributed by atoms with E-state index in [4.69, 9.17) is 4.74 Å². The molecule has 0 bridgehead atoms. The molecule has 3 aromatic rings. The Morgan fingerprint density at radius 1 is 1.21 bits per heavy atom. The van der Waals surface area contributed by atoms with Crippen LogP contribution in [0.5, 0.6) is 11.6 Å². The van der Waals surface area contributed by atoms with Crippen molar-refractivity contribution in [3.05, 3.63) is 40.5 Å². The summed E-state index contributed by atoms with van der Waals surface area (Å²) in [5.74, 6) is 2.60. The maximum absolute atomic E-state index is 11.0. The molecule has 1 aliphatic heterocycles. The van der Waals surface area contributed by atoms with Crippen molar-refractivity contribution in [3.8, 4) is 11.6 Å². The van der Waals surface area contributed by atoms with E-state index in [1.807, 2.05) is 26.0 Å². The molecule has 0 aliphatic carbocycles. The fourth-order valence-electron chi connectivity index (χ4n) is 3.85. The second-order valence-electron chi connectivity index (χ2n) is 7.49. The number of thiazole rings is 1. The van der Waals surface area contributed by atoms with E-state index in [0.717, 1.165) is 52.4 Å². The third-order valence-corrected chi connectivity index (χ3v) is 6.57. The zero-order valence-electron chi connectivity index (χ0n) is 16.8. The predicted molar refractivity (Wildman–Crippen MR) is 111 cm³/mol. The highest BCUT2D eigenvalue weighted by atomic mass is 32.1. The average Bonchev–Trinajstić information content (AvgIpc) is 3.24. The zero-order chi connectivity index (χ0) is 19.7. The lowest BCUT2D eigenvalue weighted by Crippen LogP contribution is -2.36. The van der Waals surface area contributed by atoms with Crippen molar-refractivity contribution < 1.29 is 9.84 Å². The Morgan fingerprint density at radius 3 is 2.54 bits per heavy atom. The Balaban J connectivity index is 1.74. The van der Waals surface area contributed by atoms with Gasteiger partial charge in [0.25, 0.3) is 0 Å². The van der Waals surface area contributed by atoms with Crippen molar-refractivity contribution in [2.24, 2.45) is 5.92 Å². The summed E-state index contributed by atoms with van der Waals surface area (Å²) < 4.78 is 7.20. The van der Waals surface area contributed by atoms with Crippen LogP contribution in [0.4, 0.5) is 0 Å². The standard InChI is InChI=1S/C21H28N4O2S/c1-4-17-22-21-25(23-17)20(26)19(28-21)18(24-12-10-14(3)11-13-24)15-6-8-16(9-7-15)27-5-2/h6-9,14,18,26H,4-5,10-13H2,1-3H3/t18-/m1/s1. The number of aromatic hydroxyl groups is 1. The van der Waals surface area contributed by atoms with Gasteiger partial charge in [-0.2, -0.15) is 4.52 Å². The summed E-state index contributed by atoms with van der Waals surface area (Å²) in [5, 5.41) is 15.4. The third-order valence-electron chi connectivity index (χ3n) is 5.50. The summed E-state index contributed by atoms with van der Waals surface area (Å²) in [6, 6.07) is 8.26. The lowest BCUT2D eigenvalue weighted by atomic mass is 9.95. The molecule has 6 nitrogen and oxygen atoms in total. The van der Waals surface area contributed by atoms with Gasteiger partial charge in [-0.1, -0.05) is 37.3 Å². The van der Waals surface area contributed by atoms with E-state index in [1.54, 1.807) is 4.52 Å². The summed E-state index contributed by atoms with van der Waals surface area (Å²) in [5.41, 5.74) is 1.16. The lowest BCUT2D eigenvalue weighted by molar-refractivity contribution is 0.157. The number of ether oxygens (including phenoxy) is 1. The molecule has 7 heteroatoms. The number of hydrogen-bond acceptors (Lipinski definition) is 6. The van der Waals surface area contributed by atoms with Gasteiger partial charge in [-0.15, -0.1) is 5.10 Å². The zero-order valence-corrected chi connectivity index (χ0v) is 17.6. The molecule has 0 spiro atoms. The lowest BCUT2D eigenvalue weighted by Gasteiger charge is -2.36. The molecule has 1 aliphatic rings. The van der Waals surface area contributed by atoms with Crippen molar-refractivity contribution >= 4 is 16.3 Å². The minimum Gasteiger partial charge on any atom is -0.494 e. The first-order valence-electron chi connectivity index (χ1n) is 10.1. The van der Waals surface area contributed by atoms with E-state index in [1.165, 1.54) is 24.2 Å². The average molecular weight is 401 g/mol. The van der Waals surface area contributed by atoms with Crippen LogP contribution in [0.1, 0.15) is 55.9 Å². The van der Waals surface area contributed by atoms with Crippen LogP contribution in [0.3, 0.4) is 0 Å². The van der Waals surface area contributed by atoms with Gasteiger partial charge >= 0.3 is 0 Å². The molecule has 3 heterocycles. The summed E-state index contributed by atoms with van der Waals surface area (Å²) in [6.45, 7) is 9.02. The van der Waals surface area contributed by atoms with E-state index in [0.29, 0.717) is 6.61 Å². The maximum atomic E-state index is 11.0. The van der Waals surface area contributed by atoms with E-state index in [-0.39, 0.29) is 11.9 Å². The number of benzene rings is 1. The number of hydrogen-bond donors (Lipinski definition) is 1. The van der Waals surface area contributed by atoms with Gasteiger partial charge in [0.2, 0.25) is 10.8 Å². The molecule has 2 aromatic heterocycles. The Bertz CT molecular complexity index is 926. The van der Waals surface area contributed by atoms with Crippen molar-refractivity contribution in [2.75, 3.05) is 19.7 Å². The van der Waals surface area contributed by atoms with Gasteiger partial charge in [0.1, 0.15) is 5.75 Å². The van der Waals surface area contributed by atoms with E-state index < -0.39 is 0 Å². The second-order valence-corrected chi connectivity index (χ2v) is 8.50. The highest BCUT2D eigenvalue weighted by Crippen LogP contribution is 2.41. The molecule has 1 N–H and O–H groups in total. The largest absolute Gasteiger partial charge is 0.494 e. The topological polar surface area (TPSA) is 62.9 Å². The van der Waals surface area contributed by atoms with Crippen LogP contribution in [0.15, 0.2) is 24.3 Å². The fraction of sp³-hybridized carbons (Fsp3) is 0.524. The van der Waals surface area contributed by atoms with Crippen molar-refractivity contribution in [2.45, 2.75) is 46.1 Å². The Hall–Kier alpha value is -2.12. The third kappa shape index (κ3) is 3.61. The molecule has 0 radical (unpaired) electrons. The number of piperidine rings is 1. The summed E-state index contributed by atoms with van der Waals surface area (Å²) in [6.07, 6.45) is 3.11. The first-order chi connectivity index (χ1) is 13.6. The Morgan fingerprint density at radius 2 is 1.93 bits per heavy atom. The summed E-state index contributed by atoms with van der Waals surface area (Å²) in [7, 11) is 0. The van der Waals surface area contributed by atoms with Crippen molar-refractivity contribution in [1.29, 1.82) is 0 Å². The Labute approximate surface area is 169 Å². The SMILES string of the molecule is CCOc1ccc([C@H](c2sc3nc(CC)nn3c2O)N2CCC(C)CC2)cc1. The number of nitrogens with zero attached hydrogens (tertiary/aromatic N) is 4. The fourth-order valence-corrected chi connectivity index (χ4v) is 4.98. The molecule has 1 fully saturated rings. The molecule has 0 saturated carbocycles. The monoisotopic (exact) mass is 400 g/mol. The van der Waals surface area contributed by atoms with E-state index in [9.17, 15) is 5.11 Å². The molecule has 150 valence electrons. The van der Waals surface area contributed by atoms with Gasteiger partial charge in [0.05, 0.1) is 17.5 Å². The molecule has 0 amide bonds.